The maximum absolute atomic E-state index is 14.3. The number of aromatic nitrogens is 2. The van der Waals surface area contributed by atoms with Crippen LogP contribution in [0.25, 0.3) is 22.4 Å². The lowest BCUT2D eigenvalue weighted by Gasteiger charge is -2.15. The van der Waals surface area contributed by atoms with Gasteiger partial charge in [-0.1, -0.05) is 54.1 Å². The highest BCUT2D eigenvalue weighted by Gasteiger charge is 2.19. The van der Waals surface area contributed by atoms with Gasteiger partial charge in [0.25, 0.3) is 0 Å². The van der Waals surface area contributed by atoms with Crippen molar-refractivity contribution in [3.05, 3.63) is 113 Å². The van der Waals surface area contributed by atoms with E-state index in [0.29, 0.717) is 45.5 Å². The van der Waals surface area contributed by atoms with Crippen molar-refractivity contribution in [1.82, 2.24) is 9.55 Å². The fourth-order valence-corrected chi connectivity index (χ4v) is 4.26. The quantitative estimate of drug-likeness (QED) is 0.189. The zero-order chi connectivity index (χ0) is 27.4. The lowest BCUT2D eigenvalue weighted by molar-refractivity contribution is -0.142. The maximum atomic E-state index is 14.3. The van der Waals surface area contributed by atoms with E-state index in [-0.39, 0.29) is 13.2 Å². The SMILES string of the molecule is COC(=O)COc1ccc(COc2cc(Cl)ccc2-c2nc3cc(F)c(F)cc3n2Cc2ccccc2)cc1. The van der Waals surface area contributed by atoms with Crippen LogP contribution in [0.4, 0.5) is 8.78 Å². The van der Waals surface area contributed by atoms with Gasteiger partial charge in [0.15, 0.2) is 18.2 Å². The molecular weight excluding hydrogens is 526 g/mol. The molecule has 0 fully saturated rings. The molecule has 5 rings (SSSR count). The van der Waals surface area contributed by atoms with Crippen molar-refractivity contribution in [2.24, 2.45) is 0 Å². The molecule has 1 heterocycles. The summed E-state index contributed by atoms with van der Waals surface area (Å²) in [5.74, 6) is -0.933. The number of nitrogens with zero attached hydrogens (tertiary/aromatic N) is 2. The van der Waals surface area contributed by atoms with E-state index in [1.165, 1.54) is 7.11 Å². The van der Waals surface area contributed by atoms with Gasteiger partial charge < -0.3 is 18.8 Å². The number of hydrogen-bond acceptors (Lipinski definition) is 5. The number of carbonyl (C=O) groups excluding carboxylic acids is 1. The molecule has 0 atom stereocenters. The molecule has 9 heteroatoms. The molecule has 0 aliphatic carbocycles. The number of halogens is 3. The van der Waals surface area contributed by atoms with E-state index in [1.807, 2.05) is 47.0 Å². The first-order valence-corrected chi connectivity index (χ1v) is 12.4. The van der Waals surface area contributed by atoms with Gasteiger partial charge in [-0.25, -0.2) is 18.6 Å². The van der Waals surface area contributed by atoms with Crippen LogP contribution < -0.4 is 9.47 Å². The Morgan fingerprint density at radius 1 is 0.897 bits per heavy atom. The van der Waals surface area contributed by atoms with Crippen LogP contribution in [-0.2, 0) is 22.7 Å². The molecule has 39 heavy (non-hydrogen) atoms. The standard InChI is InChI=1S/C30H23ClF2N2O4/c1-37-29(36)18-38-22-10-7-20(8-11-22)17-39-28-13-21(31)9-12-23(28)30-34-26-14-24(32)25(33)15-27(26)35(30)16-19-5-3-2-4-6-19/h2-15H,16-18H2,1H3. The first-order chi connectivity index (χ1) is 18.9. The fourth-order valence-electron chi connectivity index (χ4n) is 4.10. The fraction of sp³-hybridized carbons (Fsp3) is 0.133. The number of hydrogen-bond donors (Lipinski definition) is 0. The minimum atomic E-state index is -0.968. The van der Waals surface area contributed by atoms with Crippen molar-refractivity contribution < 1.29 is 27.8 Å². The number of rotatable bonds is 9. The van der Waals surface area contributed by atoms with Crippen LogP contribution in [0.1, 0.15) is 11.1 Å². The summed E-state index contributed by atoms with van der Waals surface area (Å²) in [5.41, 5.74) is 3.20. The molecule has 6 nitrogen and oxygen atoms in total. The molecule has 0 bridgehead atoms. The maximum Gasteiger partial charge on any atom is 0.343 e. The van der Waals surface area contributed by atoms with E-state index in [0.717, 1.165) is 23.3 Å². The summed E-state index contributed by atoms with van der Waals surface area (Å²) in [7, 11) is 1.30. The van der Waals surface area contributed by atoms with Crippen LogP contribution in [0.5, 0.6) is 11.5 Å². The number of carbonyl (C=O) groups is 1. The third-order valence-corrected chi connectivity index (χ3v) is 6.30. The van der Waals surface area contributed by atoms with Crippen molar-refractivity contribution in [1.29, 1.82) is 0 Å². The predicted octanol–water partition coefficient (Wildman–Crippen LogP) is 6.81. The summed E-state index contributed by atoms with van der Waals surface area (Å²) in [6, 6.07) is 24.1. The minimum absolute atomic E-state index is 0.185. The Morgan fingerprint density at radius 3 is 2.38 bits per heavy atom. The molecule has 198 valence electrons. The molecule has 1 aromatic heterocycles. The highest BCUT2D eigenvalue weighted by molar-refractivity contribution is 6.30. The number of esters is 1. The Bertz CT molecular complexity index is 1620. The first-order valence-electron chi connectivity index (χ1n) is 12.0. The molecule has 5 aromatic rings. The minimum Gasteiger partial charge on any atom is -0.488 e. The van der Waals surface area contributed by atoms with E-state index in [2.05, 4.69) is 9.72 Å². The van der Waals surface area contributed by atoms with E-state index in [4.69, 9.17) is 21.1 Å². The van der Waals surface area contributed by atoms with Gasteiger partial charge in [0.1, 0.15) is 23.9 Å². The van der Waals surface area contributed by atoms with Crippen LogP contribution >= 0.6 is 11.6 Å². The molecule has 0 aliphatic heterocycles. The van der Waals surface area contributed by atoms with E-state index < -0.39 is 17.6 Å². The molecular formula is C30H23ClF2N2O4. The third kappa shape index (κ3) is 6.02. The molecule has 0 radical (unpaired) electrons. The lowest BCUT2D eigenvalue weighted by Crippen LogP contribution is -2.12. The second-order valence-corrected chi connectivity index (χ2v) is 9.14. The zero-order valence-corrected chi connectivity index (χ0v) is 21.6. The molecule has 0 unspecified atom stereocenters. The summed E-state index contributed by atoms with van der Waals surface area (Å²) < 4.78 is 46.3. The van der Waals surface area contributed by atoms with Crippen molar-refractivity contribution in [3.63, 3.8) is 0 Å². The average Bonchev–Trinajstić information content (AvgIpc) is 3.28. The number of benzene rings is 4. The summed E-state index contributed by atoms with van der Waals surface area (Å²) >= 11 is 6.31. The Kier molecular flexibility index (Phi) is 7.74. The topological polar surface area (TPSA) is 62.6 Å². The van der Waals surface area contributed by atoms with Crippen LogP contribution in [0.15, 0.2) is 84.9 Å². The third-order valence-electron chi connectivity index (χ3n) is 6.06. The van der Waals surface area contributed by atoms with Gasteiger partial charge in [0.05, 0.1) is 23.7 Å². The molecule has 0 N–H and O–H groups in total. The number of imidazole rings is 1. The normalized spacial score (nSPS) is 11.0. The number of methoxy groups -OCH3 is 1. The molecule has 0 spiro atoms. The summed E-state index contributed by atoms with van der Waals surface area (Å²) in [6.07, 6.45) is 0. The molecule has 0 amide bonds. The van der Waals surface area contributed by atoms with Gasteiger partial charge in [0.2, 0.25) is 0 Å². The largest absolute Gasteiger partial charge is 0.488 e. The van der Waals surface area contributed by atoms with E-state index >= 15 is 0 Å². The predicted molar refractivity (Wildman–Crippen MR) is 144 cm³/mol. The van der Waals surface area contributed by atoms with Crippen molar-refractivity contribution in [2.75, 3.05) is 13.7 Å². The van der Waals surface area contributed by atoms with Gasteiger partial charge >= 0.3 is 5.97 Å². The average molecular weight is 549 g/mol. The van der Waals surface area contributed by atoms with Crippen LogP contribution in [0.2, 0.25) is 5.02 Å². The van der Waals surface area contributed by atoms with Crippen molar-refractivity contribution in [2.45, 2.75) is 13.2 Å². The Morgan fingerprint density at radius 2 is 1.64 bits per heavy atom. The van der Waals surface area contributed by atoms with Gasteiger partial charge in [-0.15, -0.1) is 0 Å². The smallest absolute Gasteiger partial charge is 0.343 e. The lowest BCUT2D eigenvalue weighted by atomic mass is 10.1. The second kappa shape index (κ2) is 11.5. The van der Waals surface area contributed by atoms with Gasteiger partial charge in [0, 0.05) is 23.7 Å². The highest BCUT2D eigenvalue weighted by atomic mass is 35.5. The van der Waals surface area contributed by atoms with E-state index in [1.54, 1.807) is 30.3 Å². The molecule has 0 saturated carbocycles. The van der Waals surface area contributed by atoms with E-state index in [9.17, 15) is 13.6 Å². The first kappa shape index (κ1) is 26.2. The van der Waals surface area contributed by atoms with Gasteiger partial charge in [-0.3, -0.25) is 0 Å². The van der Waals surface area contributed by atoms with Crippen LogP contribution in [-0.4, -0.2) is 29.2 Å². The molecule has 0 saturated heterocycles. The summed E-state index contributed by atoms with van der Waals surface area (Å²) in [6.45, 7) is 0.398. The summed E-state index contributed by atoms with van der Waals surface area (Å²) in [4.78, 5) is 15.9. The summed E-state index contributed by atoms with van der Waals surface area (Å²) in [5, 5.41) is 0.461. The van der Waals surface area contributed by atoms with Crippen molar-refractivity contribution >= 4 is 28.6 Å². The highest BCUT2D eigenvalue weighted by Crippen LogP contribution is 2.35. The van der Waals surface area contributed by atoms with Crippen molar-refractivity contribution in [3.8, 4) is 22.9 Å². The van der Waals surface area contributed by atoms with Crippen LogP contribution in [0, 0.1) is 11.6 Å². The Balaban J connectivity index is 1.47. The molecule has 4 aromatic carbocycles. The van der Waals surface area contributed by atoms with Crippen LogP contribution in [0.3, 0.4) is 0 Å². The Labute approximate surface area is 228 Å². The zero-order valence-electron chi connectivity index (χ0n) is 20.9. The number of ether oxygens (including phenoxy) is 3. The number of fused-ring (bicyclic) bond motifs is 1. The Hall–Kier alpha value is -4.43. The molecule has 0 aliphatic rings. The second-order valence-electron chi connectivity index (χ2n) is 8.70. The monoisotopic (exact) mass is 548 g/mol. The van der Waals surface area contributed by atoms with Gasteiger partial charge in [-0.05, 0) is 41.5 Å². The van der Waals surface area contributed by atoms with Gasteiger partial charge in [-0.2, -0.15) is 0 Å².